The standard InChI is InChI=1S/C11H19O2/c1-12-10-6-7-13-11(8-10)9-4-2-3-5-9/h10-11H,2-8H2,1H3. The lowest BCUT2D eigenvalue weighted by Gasteiger charge is -2.32. The summed E-state index contributed by atoms with van der Waals surface area (Å²) in [6.45, 7) is 0.882. The van der Waals surface area contributed by atoms with E-state index in [0.717, 1.165) is 19.4 Å². The minimum Gasteiger partial charge on any atom is -0.381 e. The number of rotatable bonds is 2. The molecule has 0 aromatic rings. The first-order valence-corrected chi connectivity index (χ1v) is 5.39. The highest BCUT2D eigenvalue weighted by molar-refractivity contribution is 5.03. The van der Waals surface area contributed by atoms with E-state index < -0.39 is 0 Å². The van der Waals surface area contributed by atoms with Crippen molar-refractivity contribution in [3.05, 3.63) is 5.92 Å². The Morgan fingerprint density at radius 3 is 2.77 bits per heavy atom. The third-order valence-corrected chi connectivity index (χ3v) is 3.27. The maximum Gasteiger partial charge on any atom is 0.0662 e. The predicted molar refractivity (Wildman–Crippen MR) is 51.5 cm³/mol. The zero-order valence-corrected chi connectivity index (χ0v) is 8.42. The van der Waals surface area contributed by atoms with Gasteiger partial charge in [-0.25, -0.2) is 0 Å². The molecule has 0 amide bonds. The van der Waals surface area contributed by atoms with Gasteiger partial charge in [-0.3, -0.25) is 0 Å². The Hall–Kier alpha value is -0.0800. The minimum absolute atomic E-state index is 0.418. The Balaban J connectivity index is 1.84. The molecular weight excluding hydrogens is 164 g/mol. The lowest BCUT2D eigenvalue weighted by atomic mass is 9.93. The highest BCUT2D eigenvalue weighted by Gasteiger charge is 2.31. The van der Waals surface area contributed by atoms with Crippen LogP contribution in [-0.4, -0.2) is 25.9 Å². The summed E-state index contributed by atoms with van der Waals surface area (Å²) in [5.74, 6) is 1.64. The second kappa shape index (κ2) is 4.43. The molecule has 1 radical (unpaired) electrons. The Kier molecular flexibility index (Phi) is 3.23. The van der Waals surface area contributed by atoms with Gasteiger partial charge in [0.2, 0.25) is 0 Å². The van der Waals surface area contributed by atoms with Crippen molar-refractivity contribution < 1.29 is 9.47 Å². The van der Waals surface area contributed by atoms with Gasteiger partial charge in [0.15, 0.2) is 0 Å². The van der Waals surface area contributed by atoms with Gasteiger partial charge in [0.25, 0.3) is 0 Å². The Bertz CT molecular complexity index is 152. The van der Waals surface area contributed by atoms with E-state index in [4.69, 9.17) is 9.47 Å². The second-order valence-electron chi connectivity index (χ2n) is 4.11. The molecule has 2 rings (SSSR count). The van der Waals surface area contributed by atoms with E-state index in [1.54, 1.807) is 5.92 Å². The van der Waals surface area contributed by atoms with Crippen molar-refractivity contribution in [2.24, 2.45) is 0 Å². The Morgan fingerprint density at radius 1 is 1.31 bits per heavy atom. The van der Waals surface area contributed by atoms with Crippen molar-refractivity contribution in [3.63, 3.8) is 0 Å². The summed E-state index contributed by atoms with van der Waals surface area (Å²) < 4.78 is 11.2. The van der Waals surface area contributed by atoms with Gasteiger partial charge in [0.05, 0.1) is 12.2 Å². The Labute approximate surface area is 80.6 Å². The fraction of sp³-hybridized carbons (Fsp3) is 0.909. The molecule has 13 heavy (non-hydrogen) atoms. The van der Waals surface area contributed by atoms with Crippen LogP contribution >= 0.6 is 0 Å². The lowest BCUT2D eigenvalue weighted by molar-refractivity contribution is -0.0531. The quantitative estimate of drug-likeness (QED) is 0.654. The van der Waals surface area contributed by atoms with Crippen molar-refractivity contribution in [3.8, 4) is 0 Å². The monoisotopic (exact) mass is 183 g/mol. The molecule has 1 heterocycles. The van der Waals surface area contributed by atoms with Crippen LogP contribution < -0.4 is 0 Å². The van der Waals surface area contributed by atoms with Gasteiger partial charge in [-0.2, -0.15) is 0 Å². The normalized spacial score (nSPS) is 36.7. The largest absolute Gasteiger partial charge is 0.381 e. The van der Waals surface area contributed by atoms with Crippen molar-refractivity contribution in [2.75, 3.05) is 13.7 Å². The van der Waals surface area contributed by atoms with Gasteiger partial charge in [-0.1, -0.05) is 12.8 Å². The fourth-order valence-corrected chi connectivity index (χ4v) is 2.42. The summed E-state index contributed by atoms with van der Waals surface area (Å²) in [4.78, 5) is 0. The molecule has 2 fully saturated rings. The first-order chi connectivity index (χ1) is 6.40. The third kappa shape index (κ3) is 2.23. The molecule has 75 valence electrons. The van der Waals surface area contributed by atoms with Crippen LogP contribution in [0.2, 0.25) is 0 Å². The number of hydrogen-bond acceptors (Lipinski definition) is 2. The Morgan fingerprint density at radius 2 is 2.08 bits per heavy atom. The van der Waals surface area contributed by atoms with Crippen molar-refractivity contribution >= 4 is 0 Å². The molecule has 1 aliphatic carbocycles. The summed E-state index contributed by atoms with van der Waals surface area (Å²) in [7, 11) is 1.81. The summed E-state index contributed by atoms with van der Waals surface area (Å²) in [5, 5.41) is 0. The van der Waals surface area contributed by atoms with Gasteiger partial charge in [-0.05, 0) is 19.3 Å². The summed E-state index contributed by atoms with van der Waals surface area (Å²) >= 11 is 0. The van der Waals surface area contributed by atoms with Crippen LogP contribution in [0.3, 0.4) is 0 Å². The van der Waals surface area contributed by atoms with E-state index in [9.17, 15) is 0 Å². The van der Waals surface area contributed by atoms with E-state index in [1.165, 1.54) is 25.7 Å². The van der Waals surface area contributed by atoms with Gasteiger partial charge in [-0.15, -0.1) is 0 Å². The summed E-state index contributed by atoms with van der Waals surface area (Å²) in [5.41, 5.74) is 0. The minimum atomic E-state index is 0.418. The molecule has 1 aliphatic heterocycles. The van der Waals surface area contributed by atoms with E-state index in [0.29, 0.717) is 12.2 Å². The number of methoxy groups -OCH3 is 1. The highest BCUT2D eigenvalue weighted by Crippen LogP contribution is 2.35. The average molecular weight is 183 g/mol. The zero-order chi connectivity index (χ0) is 9.10. The maximum atomic E-state index is 5.78. The van der Waals surface area contributed by atoms with Gasteiger partial charge in [0, 0.05) is 26.1 Å². The molecule has 2 unspecified atom stereocenters. The average Bonchev–Trinajstić information content (AvgIpc) is 2.71. The SMILES string of the molecule is COC1CCOC([C]2CCCC2)C1. The molecule has 2 nitrogen and oxygen atoms in total. The second-order valence-corrected chi connectivity index (χ2v) is 4.11. The predicted octanol–water partition coefficient (Wildman–Crippen LogP) is 2.33. The maximum absolute atomic E-state index is 5.78. The van der Waals surface area contributed by atoms with E-state index >= 15 is 0 Å². The first-order valence-electron chi connectivity index (χ1n) is 5.39. The molecule has 2 heteroatoms. The van der Waals surface area contributed by atoms with Crippen LogP contribution in [0.4, 0.5) is 0 Å². The lowest BCUT2D eigenvalue weighted by Crippen LogP contribution is -2.33. The molecule has 2 atom stereocenters. The number of ether oxygens (including phenoxy) is 2. The molecule has 0 aromatic heterocycles. The molecule has 0 spiro atoms. The van der Waals surface area contributed by atoms with Gasteiger partial charge in [0.1, 0.15) is 0 Å². The number of hydrogen-bond donors (Lipinski definition) is 0. The van der Waals surface area contributed by atoms with E-state index in [-0.39, 0.29) is 0 Å². The highest BCUT2D eigenvalue weighted by atomic mass is 16.5. The van der Waals surface area contributed by atoms with Crippen LogP contribution in [0.1, 0.15) is 38.5 Å². The van der Waals surface area contributed by atoms with Crippen LogP contribution in [0.25, 0.3) is 0 Å². The van der Waals surface area contributed by atoms with Crippen LogP contribution in [-0.2, 0) is 9.47 Å². The van der Waals surface area contributed by atoms with E-state index in [2.05, 4.69) is 0 Å². The van der Waals surface area contributed by atoms with Crippen LogP contribution in [0.15, 0.2) is 0 Å². The summed E-state index contributed by atoms with van der Waals surface area (Å²) in [6, 6.07) is 0. The van der Waals surface area contributed by atoms with Gasteiger partial charge < -0.3 is 9.47 Å². The fourth-order valence-electron chi connectivity index (χ4n) is 2.42. The van der Waals surface area contributed by atoms with Crippen molar-refractivity contribution in [1.29, 1.82) is 0 Å². The smallest absolute Gasteiger partial charge is 0.0662 e. The van der Waals surface area contributed by atoms with Gasteiger partial charge >= 0.3 is 0 Å². The van der Waals surface area contributed by atoms with Crippen LogP contribution in [0, 0.1) is 5.92 Å². The zero-order valence-electron chi connectivity index (χ0n) is 8.42. The topological polar surface area (TPSA) is 18.5 Å². The molecule has 1 saturated carbocycles. The molecule has 2 aliphatic rings. The molecular formula is C11H19O2. The molecule has 0 N–H and O–H groups in total. The molecule has 1 saturated heterocycles. The van der Waals surface area contributed by atoms with Crippen molar-refractivity contribution in [1.82, 2.24) is 0 Å². The van der Waals surface area contributed by atoms with Crippen molar-refractivity contribution in [2.45, 2.75) is 50.7 Å². The third-order valence-electron chi connectivity index (χ3n) is 3.27. The first kappa shape index (κ1) is 9.47. The molecule has 0 bridgehead atoms. The summed E-state index contributed by atoms with van der Waals surface area (Å²) in [6.07, 6.45) is 8.33. The molecule has 0 aromatic carbocycles. The van der Waals surface area contributed by atoms with Crippen LogP contribution in [0.5, 0.6) is 0 Å². The van der Waals surface area contributed by atoms with E-state index in [1.807, 2.05) is 7.11 Å².